The van der Waals surface area contributed by atoms with E-state index in [0.717, 1.165) is 36.3 Å². The molecule has 0 fully saturated rings. The zero-order valence-corrected chi connectivity index (χ0v) is 17.4. The maximum Gasteiger partial charge on any atom is 0.106 e. The molecule has 146 valence electrons. The van der Waals surface area contributed by atoms with E-state index in [9.17, 15) is 0 Å². The molecule has 0 radical (unpaired) electrons. The molecule has 1 N–H and O–H groups in total. The van der Waals surface area contributed by atoms with Crippen molar-refractivity contribution in [2.75, 3.05) is 0 Å². The van der Waals surface area contributed by atoms with E-state index in [1.165, 1.54) is 24.6 Å². The van der Waals surface area contributed by atoms with Crippen LogP contribution in [-0.4, -0.2) is 15.0 Å². The summed E-state index contributed by atoms with van der Waals surface area (Å²) in [6, 6.07) is 16.4. The van der Waals surface area contributed by atoms with Crippen molar-refractivity contribution in [2.24, 2.45) is 5.41 Å². The third-order valence-electron chi connectivity index (χ3n) is 4.87. The average molecular weight is 375 g/mol. The highest BCUT2D eigenvalue weighted by Gasteiger charge is 2.17. The van der Waals surface area contributed by atoms with E-state index in [1.54, 1.807) is 6.07 Å². The predicted octanol–water partition coefficient (Wildman–Crippen LogP) is 5.77. The van der Waals surface area contributed by atoms with Crippen LogP contribution in [0.2, 0.25) is 0 Å². The Kier molecular flexibility index (Phi) is 7.95. The molecular formula is C24H30N4. The van der Waals surface area contributed by atoms with Crippen molar-refractivity contribution in [3.05, 3.63) is 71.9 Å². The lowest BCUT2D eigenvalue weighted by molar-refractivity contribution is 0.346. The highest BCUT2D eigenvalue weighted by molar-refractivity contribution is 5.58. The Morgan fingerprint density at radius 1 is 1.04 bits per heavy atom. The molecule has 2 heterocycles. The number of pyridine rings is 1. The number of aromatic nitrogens is 3. The number of benzene rings is 1. The molecular weight excluding hydrogens is 344 g/mol. The van der Waals surface area contributed by atoms with Gasteiger partial charge >= 0.3 is 0 Å². The summed E-state index contributed by atoms with van der Waals surface area (Å²) in [7, 11) is 0. The van der Waals surface area contributed by atoms with Gasteiger partial charge in [0.1, 0.15) is 5.82 Å². The molecule has 0 saturated heterocycles. The molecule has 0 aliphatic heterocycles. The van der Waals surface area contributed by atoms with Crippen LogP contribution < -0.4 is 0 Å². The topological polar surface area (TPSA) is 65.4 Å². The second-order valence-corrected chi connectivity index (χ2v) is 7.69. The average Bonchev–Trinajstić information content (AvgIpc) is 3.15. The van der Waals surface area contributed by atoms with Gasteiger partial charge in [-0.15, -0.1) is 0 Å². The van der Waals surface area contributed by atoms with Gasteiger partial charge in [0, 0.05) is 37.0 Å². The molecule has 0 aliphatic carbocycles. The number of aryl methyl sites for hydroxylation is 2. The van der Waals surface area contributed by atoms with E-state index >= 15 is 0 Å². The number of imidazole rings is 1. The predicted molar refractivity (Wildman–Crippen MR) is 115 cm³/mol. The van der Waals surface area contributed by atoms with Crippen LogP contribution in [0, 0.1) is 16.7 Å². The summed E-state index contributed by atoms with van der Waals surface area (Å²) in [6.45, 7) is 8.28. The van der Waals surface area contributed by atoms with E-state index < -0.39 is 0 Å². The molecule has 0 amide bonds. The van der Waals surface area contributed by atoms with Crippen LogP contribution in [0.3, 0.4) is 0 Å². The van der Waals surface area contributed by atoms with Gasteiger partial charge in [-0.05, 0) is 36.0 Å². The van der Waals surface area contributed by atoms with Crippen LogP contribution in [0.25, 0.3) is 11.3 Å². The van der Waals surface area contributed by atoms with Crippen molar-refractivity contribution in [1.29, 1.82) is 5.26 Å². The minimum absolute atomic E-state index is 0.325. The molecule has 0 aliphatic rings. The number of rotatable bonds is 7. The van der Waals surface area contributed by atoms with E-state index in [2.05, 4.69) is 60.0 Å². The first-order valence-electron chi connectivity index (χ1n) is 9.81. The Bertz CT molecular complexity index is 871. The summed E-state index contributed by atoms with van der Waals surface area (Å²) in [6.07, 6.45) is 7.98. The molecule has 28 heavy (non-hydrogen) atoms. The van der Waals surface area contributed by atoms with Crippen LogP contribution in [0.15, 0.2) is 54.9 Å². The molecule has 0 spiro atoms. The van der Waals surface area contributed by atoms with E-state index in [4.69, 9.17) is 5.26 Å². The maximum absolute atomic E-state index is 7.32. The molecule has 3 aromatic rings. The molecule has 0 bridgehead atoms. The summed E-state index contributed by atoms with van der Waals surface area (Å²) < 4.78 is 0. The summed E-state index contributed by atoms with van der Waals surface area (Å²) in [5.74, 6) is 1.08. The normalized spacial score (nSPS) is 10.7. The Morgan fingerprint density at radius 3 is 2.36 bits per heavy atom. The summed E-state index contributed by atoms with van der Waals surface area (Å²) in [4.78, 5) is 12.4. The van der Waals surface area contributed by atoms with Crippen molar-refractivity contribution in [2.45, 2.75) is 53.4 Å². The van der Waals surface area contributed by atoms with Crippen molar-refractivity contribution in [1.82, 2.24) is 15.0 Å². The molecule has 0 saturated carbocycles. The van der Waals surface area contributed by atoms with E-state index in [0.29, 0.717) is 5.41 Å². The number of nitrogens with one attached hydrogen (secondary N) is 1. The van der Waals surface area contributed by atoms with E-state index in [-0.39, 0.29) is 0 Å². The molecule has 3 rings (SSSR count). The zero-order chi connectivity index (χ0) is 20.4. The minimum atomic E-state index is 0.325. The highest BCUT2D eigenvalue weighted by Crippen LogP contribution is 2.24. The van der Waals surface area contributed by atoms with Gasteiger partial charge in [0.15, 0.2) is 0 Å². The quantitative estimate of drug-likeness (QED) is 0.571. The summed E-state index contributed by atoms with van der Waals surface area (Å²) in [5.41, 5.74) is 5.07. The first-order valence-corrected chi connectivity index (χ1v) is 9.81. The number of nitrogens with zero attached hydrogens (tertiary/aromatic N) is 3. The lowest BCUT2D eigenvalue weighted by atomic mass is 9.85. The van der Waals surface area contributed by atoms with Gasteiger partial charge < -0.3 is 4.98 Å². The van der Waals surface area contributed by atoms with Gasteiger partial charge in [-0.25, -0.2) is 4.98 Å². The zero-order valence-electron chi connectivity index (χ0n) is 17.4. The van der Waals surface area contributed by atoms with Crippen LogP contribution >= 0.6 is 0 Å². The monoisotopic (exact) mass is 374 g/mol. The highest BCUT2D eigenvalue weighted by atomic mass is 14.9. The number of hydrogen-bond acceptors (Lipinski definition) is 3. The van der Waals surface area contributed by atoms with Crippen molar-refractivity contribution >= 4 is 0 Å². The van der Waals surface area contributed by atoms with Crippen molar-refractivity contribution < 1.29 is 0 Å². The Labute approximate surface area is 168 Å². The summed E-state index contributed by atoms with van der Waals surface area (Å²) in [5, 5.41) is 7.32. The van der Waals surface area contributed by atoms with E-state index in [1.807, 2.05) is 30.6 Å². The maximum atomic E-state index is 7.32. The Hall–Kier alpha value is -2.93. The number of aromatic amines is 1. The van der Waals surface area contributed by atoms with Gasteiger partial charge in [-0.2, -0.15) is 5.26 Å². The third kappa shape index (κ3) is 6.66. The number of H-pyrrole nitrogens is 1. The fraction of sp³-hybridized carbons (Fsp3) is 0.375. The molecule has 0 unspecified atom stereocenters. The first-order chi connectivity index (χ1) is 13.5. The van der Waals surface area contributed by atoms with Gasteiger partial charge in [-0.3, -0.25) is 4.98 Å². The Balaban J connectivity index is 0.000000878. The molecule has 1 aromatic carbocycles. The van der Waals surface area contributed by atoms with Crippen LogP contribution in [-0.2, 0) is 19.3 Å². The van der Waals surface area contributed by atoms with Crippen molar-refractivity contribution in [3.63, 3.8) is 0 Å². The lowest BCUT2D eigenvalue weighted by Crippen LogP contribution is -2.13. The lowest BCUT2D eigenvalue weighted by Gasteiger charge is -2.21. The van der Waals surface area contributed by atoms with Gasteiger partial charge in [0.25, 0.3) is 0 Å². The van der Waals surface area contributed by atoms with Crippen molar-refractivity contribution in [3.8, 4) is 17.3 Å². The van der Waals surface area contributed by atoms with Gasteiger partial charge in [0.2, 0.25) is 0 Å². The molecule has 4 heteroatoms. The fourth-order valence-electron chi connectivity index (χ4n) is 2.90. The van der Waals surface area contributed by atoms with Gasteiger partial charge in [0.05, 0.1) is 11.8 Å². The fourth-order valence-corrected chi connectivity index (χ4v) is 2.90. The second-order valence-electron chi connectivity index (χ2n) is 7.69. The summed E-state index contributed by atoms with van der Waals surface area (Å²) >= 11 is 0. The number of nitriles is 1. The molecule has 4 nitrogen and oxygen atoms in total. The molecule has 0 atom stereocenters. The van der Waals surface area contributed by atoms with Crippen LogP contribution in [0.4, 0.5) is 0 Å². The Morgan fingerprint density at radius 2 is 1.75 bits per heavy atom. The smallest absolute Gasteiger partial charge is 0.106 e. The van der Waals surface area contributed by atoms with Crippen LogP contribution in [0.5, 0.6) is 0 Å². The molecule has 2 aromatic heterocycles. The van der Waals surface area contributed by atoms with Crippen LogP contribution in [0.1, 0.15) is 51.2 Å². The number of hydrogen-bond donors (Lipinski definition) is 1. The first kappa shape index (κ1) is 21.4. The minimum Gasteiger partial charge on any atom is -0.346 e. The standard InChI is InChI=1S/C22H27N3.C2H3N/c1-4-22(2,3)15-19-16-24-21(25-19)13-10-17-8-11-18(12-9-17)20-7-5-6-14-23-20;1-2-3/h5-9,11-12,14,16H,4,10,13,15H2,1-3H3,(H,24,25);1H3. The second kappa shape index (κ2) is 10.4. The third-order valence-corrected chi connectivity index (χ3v) is 4.87. The van der Waals surface area contributed by atoms with Gasteiger partial charge in [-0.1, -0.05) is 57.5 Å². The largest absolute Gasteiger partial charge is 0.346 e. The SMILES string of the molecule is CC#N.CCC(C)(C)Cc1cnc(CCc2ccc(-c3ccccn3)cc2)[nH]1.